The SMILES string of the molecule is CC(C)C(CI)NC(=O)C1CCOc2ccccc21. The number of para-hydroxylation sites is 1. The van der Waals surface area contributed by atoms with Crippen molar-refractivity contribution in [1.82, 2.24) is 5.32 Å². The van der Waals surface area contributed by atoms with Crippen LogP contribution in [0.5, 0.6) is 5.75 Å². The second-order valence-electron chi connectivity index (χ2n) is 5.24. The van der Waals surface area contributed by atoms with Gasteiger partial charge in [-0.3, -0.25) is 4.79 Å². The summed E-state index contributed by atoms with van der Waals surface area (Å²) in [6, 6.07) is 8.08. The fourth-order valence-corrected chi connectivity index (χ4v) is 3.52. The molecule has 1 N–H and O–H groups in total. The van der Waals surface area contributed by atoms with Gasteiger partial charge in [-0.1, -0.05) is 54.6 Å². The highest BCUT2D eigenvalue weighted by Crippen LogP contribution is 2.33. The Kier molecular flexibility index (Phi) is 5.07. The number of carbonyl (C=O) groups excluding carboxylic acids is 1. The molecule has 1 aliphatic rings. The highest BCUT2D eigenvalue weighted by Gasteiger charge is 2.29. The first kappa shape index (κ1) is 14.6. The van der Waals surface area contributed by atoms with Gasteiger partial charge in [0.1, 0.15) is 5.75 Å². The molecule has 1 heterocycles. The quantitative estimate of drug-likeness (QED) is 0.651. The van der Waals surface area contributed by atoms with Crippen molar-refractivity contribution in [2.75, 3.05) is 11.0 Å². The van der Waals surface area contributed by atoms with Gasteiger partial charge in [-0.15, -0.1) is 0 Å². The third-order valence-corrected chi connectivity index (χ3v) is 4.52. The summed E-state index contributed by atoms with van der Waals surface area (Å²) >= 11 is 2.33. The molecule has 0 saturated carbocycles. The van der Waals surface area contributed by atoms with Crippen LogP contribution in [-0.2, 0) is 4.79 Å². The van der Waals surface area contributed by atoms with E-state index in [4.69, 9.17) is 4.74 Å². The van der Waals surface area contributed by atoms with Crippen LogP contribution in [0, 0.1) is 5.92 Å². The second-order valence-corrected chi connectivity index (χ2v) is 6.12. The van der Waals surface area contributed by atoms with Gasteiger partial charge in [0.25, 0.3) is 0 Å². The van der Waals surface area contributed by atoms with Gasteiger partial charge in [-0.25, -0.2) is 0 Å². The summed E-state index contributed by atoms with van der Waals surface area (Å²) in [5.41, 5.74) is 1.02. The number of halogens is 1. The normalized spacial score (nSPS) is 19.5. The van der Waals surface area contributed by atoms with Gasteiger partial charge >= 0.3 is 0 Å². The topological polar surface area (TPSA) is 38.3 Å². The highest BCUT2D eigenvalue weighted by molar-refractivity contribution is 14.1. The first-order valence-electron chi connectivity index (χ1n) is 6.71. The number of amides is 1. The van der Waals surface area contributed by atoms with Crippen LogP contribution in [0.3, 0.4) is 0 Å². The van der Waals surface area contributed by atoms with E-state index < -0.39 is 0 Å². The van der Waals surface area contributed by atoms with Crippen LogP contribution in [-0.4, -0.2) is 23.0 Å². The van der Waals surface area contributed by atoms with Gasteiger partial charge in [0.2, 0.25) is 5.91 Å². The van der Waals surface area contributed by atoms with E-state index in [1.165, 1.54) is 0 Å². The molecule has 3 nitrogen and oxygen atoms in total. The van der Waals surface area contributed by atoms with Crippen LogP contribution < -0.4 is 10.1 Å². The number of hydrogen-bond donors (Lipinski definition) is 1. The van der Waals surface area contributed by atoms with Gasteiger partial charge < -0.3 is 10.1 Å². The van der Waals surface area contributed by atoms with Crippen LogP contribution in [0.2, 0.25) is 0 Å². The van der Waals surface area contributed by atoms with Crippen molar-refractivity contribution in [3.8, 4) is 5.75 Å². The van der Waals surface area contributed by atoms with E-state index >= 15 is 0 Å². The smallest absolute Gasteiger partial charge is 0.228 e. The van der Waals surface area contributed by atoms with Crippen LogP contribution >= 0.6 is 22.6 Å². The summed E-state index contributed by atoms with van der Waals surface area (Å²) in [5.74, 6) is 1.36. The molecule has 0 fully saturated rings. The molecule has 1 aromatic carbocycles. The van der Waals surface area contributed by atoms with Crippen LogP contribution in [0.15, 0.2) is 24.3 Å². The Labute approximate surface area is 128 Å². The van der Waals surface area contributed by atoms with Crippen molar-refractivity contribution in [2.24, 2.45) is 5.92 Å². The number of benzene rings is 1. The lowest BCUT2D eigenvalue weighted by molar-refractivity contribution is -0.124. The predicted molar refractivity (Wildman–Crippen MR) is 85.0 cm³/mol. The average molecular weight is 373 g/mol. The number of nitrogens with one attached hydrogen (secondary N) is 1. The molecular weight excluding hydrogens is 353 g/mol. The Morgan fingerprint density at radius 2 is 2.21 bits per heavy atom. The van der Waals surface area contributed by atoms with Crippen molar-refractivity contribution in [2.45, 2.75) is 32.2 Å². The van der Waals surface area contributed by atoms with Gasteiger partial charge in [0, 0.05) is 16.0 Å². The molecule has 2 unspecified atom stereocenters. The molecular formula is C15H20INO2. The number of ether oxygens (including phenoxy) is 1. The molecule has 2 rings (SSSR count). The van der Waals surface area contributed by atoms with Crippen LogP contribution in [0.25, 0.3) is 0 Å². The summed E-state index contributed by atoms with van der Waals surface area (Å²) < 4.78 is 6.54. The van der Waals surface area contributed by atoms with E-state index in [9.17, 15) is 4.79 Å². The molecule has 19 heavy (non-hydrogen) atoms. The molecule has 1 aliphatic heterocycles. The molecule has 104 valence electrons. The van der Waals surface area contributed by atoms with E-state index in [1.807, 2.05) is 24.3 Å². The Bertz CT molecular complexity index is 448. The van der Waals surface area contributed by atoms with Crippen molar-refractivity contribution in [1.29, 1.82) is 0 Å². The van der Waals surface area contributed by atoms with E-state index in [1.54, 1.807) is 0 Å². The number of rotatable bonds is 4. The maximum atomic E-state index is 12.5. The fourth-order valence-electron chi connectivity index (χ4n) is 2.28. The van der Waals surface area contributed by atoms with Gasteiger partial charge in [0.15, 0.2) is 0 Å². The molecule has 1 aromatic rings. The summed E-state index contributed by atoms with van der Waals surface area (Å²) in [6.07, 6.45) is 0.759. The first-order valence-corrected chi connectivity index (χ1v) is 8.24. The van der Waals surface area contributed by atoms with Crippen LogP contribution in [0.4, 0.5) is 0 Å². The highest BCUT2D eigenvalue weighted by atomic mass is 127. The number of fused-ring (bicyclic) bond motifs is 1. The lowest BCUT2D eigenvalue weighted by atomic mass is 9.91. The van der Waals surface area contributed by atoms with Crippen molar-refractivity contribution in [3.05, 3.63) is 29.8 Å². The lowest BCUT2D eigenvalue weighted by Crippen LogP contribution is -2.43. The zero-order valence-corrected chi connectivity index (χ0v) is 13.5. The molecule has 0 spiro atoms. The fraction of sp³-hybridized carbons (Fsp3) is 0.533. The molecule has 0 saturated heterocycles. The summed E-state index contributed by atoms with van der Waals surface area (Å²) in [7, 11) is 0. The standard InChI is InChI=1S/C15H20INO2/c1-10(2)13(9-16)17-15(18)12-7-8-19-14-6-4-3-5-11(12)14/h3-6,10,12-13H,7-9H2,1-2H3,(H,17,18). The molecule has 0 bridgehead atoms. The predicted octanol–water partition coefficient (Wildman–Crippen LogP) is 3.13. The molecule has 1 amide bonds. The Morgan fingerprint density at radius 1 is 1.47 bits per heavy atom. The van der Waals surface area contributed by atoms with Crippen molar-refractivity contribution in [3.63, 3.8) is 0 Å². The maximum absolute atomic E-state index is 12.5. The average Bonchev–Trinajstić information content (AvgIpc) is 2.43. The number of carbonyl (C=O) groups is 1. The monoisotopic (exact) mass is 373 g/mol. The molecule has 0 radical (unpaired) electrons. The Balaban J connectivity index is 2.12. The van der Waals surface area contributed by atoms with E-state index in [0.717, 1.165) is 22.2 Å². The molecule has 4 heteroatoms. The second kappa shape index (κ2) is 6.59. The van der Waals surface area contributed by atoms with Gasteiger partial charge in [0.05, 0.1) is 12.5 Å². The first-order chi connectivity index (χ1) is 9.13. The zero-order valence-electron chi connectivity index (χ0n) is 11.4. The van der Waals surface area contributed by atoms with E-state index in [2.05, 4.69) is 41.8 Å². The Hall–Kier alpha value is -0.780. The summed E-state index contributed by atoms with van der Waals surface area (Å²) in [4.78, 5) is 12.5. The zero-order chi connectivity index (χ0) is 13.8. The van der Waals surface area contributed by atoms with E-state index in [0.29, 0.717) is 12.5 Å². The van der Waals surface area contributed by atoms with Gasteiger partial charge in [-0.05, 0) is 18.4 Å². The number of hydrogen-bond acceptors (Lipinski definition) is 2. The summed E-state index contributed by atoms with van der Waals surface area (Å²) in [5, 5.41) is 3.17. The van der Waals surface area contributed by atoms with E-state index in [-0.39, 0.29) is 17.9 Å². The van der Waals surface area contributed by atoms with Gasteiger partial charge in [-0.2, -0.15) is 0 Å². The molecule has 2 atom stereocenters. The minimum Gasteiger partial charge on any atom is -0.493 e. The molecule has 0 aromatic heterocycles. The maximum Gasteiger partial charge on any atom is 0.228 e. The van der Waals surface area contributed by atoms with Crippen LogP contribution in [0.1, 0.15) is 31.7 Å². The third kappa shape index (κ3) is 3.41. The number of alkyl halides is 1. The van der Waals surface area contributed by atoms with Crippen molar-refractivity contribution >= 4 is 28.5 Å². The Morgan fingerprint density at radius 3 is 2.89 bits per heavy atom. The molecule has 0 aliphatic carbocycles. The minimum absolute atomic E-state index is 0.0749. The minimum atomic E-state index is -0.0749. The summed E-state index contributed by atoms with van der Waals surface area (Å²) in [6.45, 7) is 4.90. The third-order valence-electron chi connectivity index (χ3n) is 3.57. The lowest BCUT2D eigenvalue weighted by Gasteiger charge is -2.28. The largest absolute Gasteiger partial charge is 0.493 e. The van der Waals surface area contributed by atoms with Crippen molar-refractivity contribution < 1.29 is 9.53 Å².